The van der Waals surface area contributed by atoms with Crippen molar-refractivity contribution in [1.29, 1.82) is 0 Å². The van der Waals surface area contributed by atoms with Gasteiger partial charge in [0.25, 0.3) is 0 Å². The van der Waals surface area contributed by atoms with E-state index < -0.39 is 0 Å². The van der Waals surface area contributed by atoms with Gasteiger partial charge in [-0.3, -0.25) is 4.90 Å². The summed E-state index contributed by atoms with van der Waals surface area (Å²) in [4.78, 5) is 3.79. The second-order valence-corrected chi connectivity index (χ2v) is 2.88. The molecule has 0 spiro atoms. The van der Waals surface area contributed by atoms with Gasteiger partial charge in [0.15, 0.2) is 0 Å². The second-order valence-electron chi connectivity index (χ2n) is 2.88. The van der Waals surface area contributed by atoms with Gasteiger partial charge in [0.1, 0.15) is 0 Å². The normalized spacial score (nSPS) is 23.4. The van der Waals surface area contributed by atoms with Crippen LogP contribution in [0.15, 0.2) is 0 Å². The van der Waals surface area contributed by atoms with E-state index in [4.69, 9.17) is 5.73 Å². The summed E-state index contributed by atoms with van der Waals surface area (Å²) in [6, 6.07) is 0. The monoisotopic (exact) mass is 143 g/mol. The van der Waals surface area contributed by atoms with E-state index in [2.05, 4.69) is 11.9 Å². The molecule has 1 fully saturated rings. The summed E-state index contributed by atoms with van der Waals surface area (Å²) in [7, 11) is 3.95. The van der Waals surface area contributed by atoms with Gasteiger partial charge in [0.2, 0.25) is 0 Å². The maximum atomic E-state index is 5.43. The van der Waals surface area contributed by atoms with E-state index >= 15 is 0 Å². The van der Waals surface area contributed by atoms with E-state index in [9.17, 15) is 0 Å². The minimum absolute atomic E-state index is 0.784. The fourth-order valence-corrected chi connectivity index (χ4v) is 1.28. The van der Waals surface area contributed by atoms with Crippen molar-refractivity contribution < 1.29 is 4.90 Å². The molecule has 3 heteroatoms. The number of nitrogens with one attached hydrogen (secondary N) is 1. The molecule has 0 bridgehead atoms. The number of piperazine rings is 1. The zero-order valence-corrected chi connectivity index (χ0v) is 6.47. The molecule has 1 aliphatic heterocycles. The van der Waals surface area contributed by atoms with Crippen molar-refractivity contribution in [3.63, 3.8) is 0 Å². The molecule has 0 aliphatic carbocycles. The van der Waals surface area contributed by atoms with E-state index in [1.165, 1.54) is 18.0 Å². The molecule has 1 saturated heterocycles. The Labute approximate surface area is 62.8 Å². The molecule has 60 valence electrons. The van der Waals surface area contributed by atoms with Crippen LogP contribution < -0.4 is 10.6 Å². The van der Waals surface area contributed by atoms with E-state index in [1.54, 1.807) is 0 Å². The van der Waals surface area contributed by atoms with E-state index in [0.717, 1.165) is 26.2 Å². The predicted molar refractivity (Wildman–Crippen MR) is 41.5 cm³/mol. The van der Waals surface area contributed by atoms with Crippen LogP contribution in [0.4, 0.5) is 0 Å². The van der Waals surface area contributed by atoms with Crippen LogP contribution >= 0.6 is 0 Å². The molecule has 0 amide bonds. The first-order chi connectivity index (χ1) is 4.83. The molecule has 10 heavy (non-hydrogen) atoms. The molecule has 1 rings (SSSR count). The van der Waals surface area contributed by atoms with Gasteiger partial charge in [-0.05, 0) is 0 Å². The highest BCUT2D eigenvalue weighted by atomic mass is 15.2. The van der Waals surface area contributed by atoms with Gasteiger partial charge in [-0.25, -0.2) is 0 Å². The minimum atomic E-state index is 0.784. The van der Waals surface area contributed by atoms with E-state index in [1.807, 2.05) is 0 Å². The average molecular weight is 143 g/mol. The smallest absolute Gasteiger partial charge is 0.0660 e. The average Bonchev–Trinajstić information content (AvgIpc) is 1.95. The Bertz CT molecular complexity index is 86.9. The molecule has 1 heterocycles. The second kappa shape index (κ2) is 3.91. The van der Waals surface area contributed by atoms with Crippen LogP contribution in [0.5, 0.6) is 0 Å². The summed E-state index contributed by atoms with van der Waals surface area (Å²) in [5, 5.41) is 0. The molecule has 3 N–H and O–H groups in total. The van der Waals surface area contributed by atoms with E-state index in [0.29, 0.717) is 0 Å². The van der Waals surface area contributed by atoms with Crippen molar-refractivity contribution in [2.45, 2.75) is 0 Å². The Hall–Kier alpha value is -0.120. The fourth-order valence-electron chi connectivity index (χ4n) is 1.28. The third kappa shape index (κ3) is 2.25. The van der Waals surface area contributed by atoms with Crippen LogP contribution in [0.2, 0.25) is 0 Å². The summed E-state index contributed by atoms with van der Waals surface area (Å²) in [6.07, 6.45) is 0. The quantitative estimate of drug-likeness (QED) is 0.436. The SMILES string of the molecule is [CH2-][NH+]1CCN(CCN)CC1. The largest absolute Gasteiger partial charge is 0.466 e. The lowest BCUT2D eigenvalue weighted by molar-refractivity contribution is -0.858. The van der Waals surface area contributed by atoms with Crippen molar-refractivity contribution in [2.24, 2.45) is 5.73 Å². The zero-order valence-electron chi connectivity index (χ0n) is 6.47. The van der Waals surface area contributed by atoms with Gasteiger partial charge >= 0.3 is 0 Å². The molecule has 1 aliphatic rings. The Kier molecular flexibility index (Phi) is 3.12. The number of hydrogen-bond acceptors (Lipinski definition) is 2. The van der Waals surface area contributed by atoms with Crippen LogP contribution in [-0.2, 0) is 0 Å². The van der Waals surface area contributed by atoms with Crippen molar-refractivity contribution in [2.75, 3.05) is 39.3 Å². The summed E-state index contributed by atoms with van der Waals surface area (Å²) < 4.78 is 0. The molecular weight excluding hydrogens is 126 g/mol. The standard InChI is InChI=1S/C7H17N3/c1-9-4-6-10(3-2-8)7-5-9/h9H,1-8H2. The summed E-state index contributed by atoms with van der Waals surface area (Å²) in [5.74, 6) is 0. The zero-order chi connectivity index (χ0) is 7.40. The van der Waals surface area contributed by atoms with E-state index in [-0.39, 0.29) is 0 Å². The number of rotatable bonds is 2. The maximum Gasteiger partial charge on any atom is 0.0660 e. The third-order valence-corrected chi connectivity index (χ3v) is 2.01. The van der Waals surface area contributed by atoms with Crippen molar-refractivity contribution >= 4 is 0 Å². The molecule has 0 saturated carbocycles. The van der Waals surface area contributed by atoms with Crippen LogP contribution in [0.1, 0.15) is 0 Å². The van der Waals surface area contributed by atoms with Gasteiger partial charge in [0, 0.05) is 26.2 Å². The molecular formula is C7H17N3. The molecule has 0 radical (unpaired) electrons. The van der Waals surface area contributed by atoms with Crippen LogP contribution in [-0.4, -0.2) is 44.2 Å². The van der Waals surface area contributed by atoms with Gasteiger partial charge in [-0.2, -0.15) is 7.05 Å². The van der Waals surface area contributed by atoms with Crippen LogP contribution in [0.3, 0.4) is 0 Å². The Morgan fingerprint density at radius 1 is 1.40 bits per heavy atom. The summed E-state index contributed by atoms with van der Waals surface area (Å²) in [6.45, 7) is 6.49. The number of quaternary nitrogens is 1. The van der Waals surface area contributed by atoms with Gasteiger partial charge in [-0.1, -0.05) is 0 Å². The van der Waals surface area contributed by atoms with Crippen LogP contribution in [0, 0.1) is 7.05 Å². The van der Waals surface area contributed by atoms with Gasteiger partial charge < -0.3 is 10.6 Å². The summed E-state index contributed by atoms with van der Waals surface area (Å²) >= 11 is 0. The molecule has 0 aromatic heterocycles. The maximum absolute atomic E-state index is 5.43. The first kappa shape index (κ1) is 7.98. The topological polar surface area (TPSA) is 33.7 Å². The lowest BCUT2D eigenvalue weighted by Crippen LogP contribution is -3.10. The van der Waals surface area contributed by atoms with Crippen molar-refractivity contribution in [3.8, 4) is 0 Å². The lowest BCUT2D eigenvalue weighted by Gasteiger charge is -2.33. The Morgan fingerprint density at radius 2 is 2.00 bits per heavy atom. The Balaban J connectivity index is 2.13. The fraction of sp³-hybridized carbons (Fsp3) is 0.857. The van der Waals surface area contributed by atoms with Crippen molar-refractivity contribution in [3.05, 3.63) is 7.05 Å². The summed E-state index contributed by atoms with van der Waals surface area (Å²) in [5.41, 5.74) is 5.43. The first-order valence-electron chi connectivity index (χ1n) is 3.92. The number of nitrogens with two attached hydrogens (primary N) is 1. The molecule has 0 aromatic rings. The first-order valence-corrected chi connectivity index (χ1v) is 3.92. The van der Waals surface area contributed by atoms with Crippen LogP contribution in [0.25, 0.3) is 0 Å². The molecule has 3 nitrogen and oxygen atoms in total. The van der Waals surface area contributed by atoms with Gasteiger partial charge in [0.05, 0.1) is 13.1 Å². The molecule has 0 unspecified atom stereocenters. The lowest BCUT2D eigenvalue weighted by atomic mass is 10.3. The third-order valence-electron chi connectivity index (χ3n) is 2.01. The Morgan fingerprint density at radius 3 is 2.50 bits per heavy atom. The van der Waals surface area contributed by atoms with Gasteiger partial charge in [-0.15, -0.1) is 0 Å². The highest BCUT2D eigenvalue weighted by molar-refractivity contribution is 4.59. The molecule has 0 aromatic carbocycles. The number of hydrogen-bond donors (Lipinski definition) is 2. The minimum Gasteiger partial charge on any atom is -0.466 e. The van der Waals surface area contributed by atoms with Crippen molar-refractivity contribution in [1.82, 2.24) is 4.90 Å². The molecule has 0 atom stereocenters. The highest BCUT2D eigenvalue weighted by Gasteiger charge is 2.11. The highest BCUT2D eigenvalue weighted by Crippen LogP contribution is 1.85. The number of nitrogens with zero attached hydrogens (tertiary/aromatic N) is 1. The predicted octanol–water partition coefficient (Wildman–Crippen LogP) is -2.06.